The second-order valence-corrected chi connectivity index (χ2v) is 5.58. The summed E-state index contributed by atoms with van der Waals surface area (Å²) in [6, 6.07) is 4.25. The van der Waals surface area contributed by atoms with Crippen molar-refractivity contribution in [1.82, 2.24) is 15.3 Å². The van der Waals surface area contributed by atoms with Gasteiger partial charge in [-0.2, -0.15) is 13.2 Å². The van der Waals surface area contributed by atoms with Gasteiger partial charge in [0.1, 0.15) is 0 Å². The SMILES string of the molecule is COc1cc(C(=O)NC(C)c2cnc(OCC(F)(F)F)c(C)c2)ccn1. The molecule has 1 amide bonds. The van der Waals surface area contributed by atoms with Gasteiger partial charge < -0.3 is 14.8 Å². The van der Waals surface area contributed by atoms with Gasteiger partial charge >= 0.3 is 6.18 Å². The van der Waals surface area contributed by atoms with Crippen molar-refractivity contribution in [2.24, 2.45) is 0 Å². The molecule has 140 valence electrons. The van der Waals surface area contributed by atoms with Gasteiger partial charge in [0.05, 0.1) is 13.2 Å². The van der Waals surface area contributed by atoms with Crippen molar-refractivity contribution in [1.29, 1.82) is 0 Å². The predicted molar refractivity (Wildman–Crippen MR) is 87.2 cm³/mol. The summed E-state index contributed by atoms with van der Waals surface area (Å²) in [5, 5.41) is 2.78. The van der Waals surface area contributed by atoms with E-state index in [0.717, 1.165) is 0 Å². The number of hydrogen-bond donors (Lipinski definition) is 1. The van der Waals surface area contributed by atoms with Crippen LogP contribution in [0.1, 0.15) is 34.5 Å². The third-order valence-electron chi connectivity index (χ3n) is 3.48. The van der Waals surface area contributed by atoms with Gasteiger partial charge in [-0.3, -0.25) is 4.79 Å². The van der Waals surface area contributed by atoms with Crippen molar-refractivity contribution in [3.8, 4) is 11.8 Å². The van der Waals surface area contributed by atoms with Crippen LogP contribution < -0.4 is 14.8 Å². The molecule has 0 saturated heterocycles. The van der Waals surface area contributed by atoms with Crippen LogP contribution in [-0.4, -0.2) is 35.8 Å². The molecule has 0 bridgehead atoms. The molecule has 0 saturated carbocycles. The summed E-state index contributed by atoms with van der Waals surface area (Å²) in [6.45, 7) is 1.92. The predicted octanol–water partition coefficient (Wildman–Crippen LogP) is 3.23. The van der Waals surface area contributed by atoms with Gasteiger partial charge in [-0.25, -0.2) is 9.97 Å². The topological polar surface area (TPSA) is 73.3 Å². The van der Waals surface area contributed by atoms with Crippen LogP contribution in [0.15, 0.2) is 30.6 Å². The number of rotatable bonds is 6. The van der Waals surface area contributed by atoms with Crippen molar-refractivity contribution in [2.45, 2.75) is 26.1 Å². The van der Waals surface area contributed by atoms with Crippen molar-refractivity contribution in [3.63, 3.8) is 0 Å². The quantitative estimate of drug-likeness (QED) is 0.846. The maximum Gasteiger partial charge on any atom is 0.422 e. The molecule has 9 heteroatoms. The van der Waals surface area contributed by atoms with Crippen molar-refractivity contribution >= 4 is 5.91 Å². The van der Waals surface area contributed by atoms with E-state index in [1.807, 2.05) is 0 Å². The first-order valence-electron chi connectivity index (χ1n) is 7.66. The second kappa shape index (κ2) is 8.03. The summed E-state index contributed by atoms with van der Waals surface area (Å²) >= 11 is 0. The highest BCUT2D eigenvalue weighted by Gasteiger charge is 2.29. The highest BCUT2D eigenvalue weighted by molar-refractivity contribution is 5.94. The van der Waals surface area contributed by atoms with Crippen LogP contribution in [-0.2, 0) is 0 Å². The van der Waals surface area contributed by atoms with E-state index < -0.39 is 18.8 Å². The minimum absolute atomic E-state index is 0.0940. The molecule has 0 fully saturated rings. The fraction of sp³-hybridized carbons (Fsp3) is 0.353. The Morgan fingerprint density at radius 2 is 2.04 bits per heavy atom. The Morgan fingerprint density at radius 1 is 1.31 bits per heavy atom. The number of aryl methyl sites for hydroxylation is 1. The first-order valence-corrected chi connectivity index (χ1v) is 7.66. The zero-order valence-corrected chi connectivity index (χ0v) is 14.4. The molecule has 0 aromatic carbocycles. The molecule has 0 aliphatic carbocycles. The molecule has 1 unspecified atom stereocenters. The van der Waals surface area contributed by atoms with E-state index in [2.05, 4.69) is 20.0 Å². The molecule has 1 N–H and O–H groups in total. The summed E-state index contributed by atoms with van der Waals surface area (Å²) in [7, 11) is 1.45. The van der Waals surface area contributed by atoms with Gasteiger partial charge in [0.2, 0.25) is 11.8 Å². The van der Waals surface area contributed by atoms with E-state index in [1.165, 1.54) is 25.6 Å². The number of methoxy groups -OCH3 is 1. The zero-order chi connectivity index (χ0) is 19.3. The number of amides is 1. The lowest BCUT2D eigenvalue weighted by Gasteiger charge is -2.16. The van der Waals surface area contributed by atoms with E-state index in [9.17, 15) is 18.0 Å². The number of pyridine rings is 2. The normalized spacial score (nSPS) is 12.4. The van der Waals surface area contributed by atoms with Gasteiger partial charge in [0.15, 0.2) is 6.61 Å². The molecule has 0 aliphatic rings. The lowest BCUT2D eigenvalue weighted by molar-refractivity contribution is -0.154. The van der Waals surface area contributed by atoms with Gasteiger partial charge in [-0.15, -0.1) is 0 Å². The number of carbonyl (C=O) groups excluding carboxylic acids is 1. The molecule has 6 nitrogen and oxygen atoms in total. The largest absolute Gasteiger partial charge is 0.481 e. The summed E-state index contributed by atoms with van der Waals surface area (Å²) in [5.41, 5.74) is 1.45. The molecule has 26 heavy (non-hydrogen) atoms. The third kappa shape index (κ3) is 5.33. The molecule has 2 rings (SSSR count). The highest BCUT2D eigenvalue weighted by Crippen LogP contribution is 2.23. The number of nitrogens with one attached hydrogen (secondary N) is 1. The second-order valence-electron chi connectivity index (χ2n) is 5.58. The Kier molecular flexibility index (Phi) is 6.01. The smallest absolute Gasteiger partial charge is 0.422 e. The summed E-state index contributed by atoms with van der Waals surface area (Å²) in [5.74, 6) is -0.120. The average molecular weight is 369 g/mol. The van der Waals surface area contributed by atoms with Crippen molar-refractivity contribution in [3.05, 3.63) is 47.3 Å². The number of aromatic nitrogens is 2. The van der Waals surface area contributed by atoms with Crippen LogP contribution in [0.2, 0.25) is 0 Å². The molecule has 2 aromatic heterocycles. The van der Waals surface area contributed by atoms with E-state index in [4.69, 9.17) is 4.74 Å². The molecule has 2 aromatic rings. The van der Waals surface area contributed by atoms with E-state index in [0.29, 0.717) is 22.6 Å². The van der Waals surface area contributed by atoms with E-state index in [-0.39, 0.29) is 11.8 Å². The van der Waals surface area contributed by atoms with Gasteiger partial charge in [0.25, 0.3) is 5.91 Å². The fourth-order valence-electron chi connectivity index (χ4n) is 2.15. The monoisotopic (exact) mass is 369 g/mol. The van der Waals surface area contributed by atoms with Gasteiger partial charge in [0, 0.05) is 29.6 Å². The number of ether oxygens (including phenoxy) is 2. The third-order valence-corrected chi connectivity index (χ3v) is 3.48. The van der Waals surface area contributed by atoms with Crippen LogP contribution in [0.5, 0.6) is 11.8 Å². The van der Waals surface area contributed by atoms with Crippen LogP contribution >= 0.6 is 0 Å². The van der Waals surface area contributed by atoms with Crippen LogP contribution in [0.4, 0.5) is 13.2 Å². The summed E-state index contributed by atoms with van der Waals surface area (Å²) < 4.78 is 46.3. The molecular formula is C17H18F3N3O3. The zero-order valence-electron chi connectivity index (χ0n) is 14.4. The standard InChI is InChI=1S/C17H18F3N3O3/c1-10-6-13(8-22-16(10)26-9-17(18,19)20)11(2)23-15(24)12-4-5-21-14(7-12)25-3/h4-8,11H,9H2,1-3H3,(H,23,24). The van der Waals surface area contributed by atoms with Gasteiger partial charge in [-0.05, 0) is 31.5 Å². The Labute approximate surface area is 148 Å². The van der Waals surface area contributed by atoms with Gasteiger partial charge in [-0.1, -0.05) is 0 Å². The first-order chi connectivity index (χ1) is 12.2. The van der Waals surface area contributed by atoms with Crippen molar-refractivity contribution in [2.75, 3.05) is 13.7 Å². The molecule has 0 spiro atoms. The Morgan fingerprint density at radius 3 is 2.65 bits per heavy atom. The molecule has 0 radical (unpaired) electrons. The number of alkyl halides is 3. The van der Waals surface area contributed by atoms with Crippen LogP contribution in [0, 0.1) is 6.92 Å². The molecular weight excluding hydrogens is 351 g/mol. The Hall–Kier alpha value is -2.84. The Bertz CT molecular complexity index is 781. The minimum Gasteiger partial charge on any atom is -0.481 e. The lowest BCUT2D eigenvalue weighted by atomic mass is 10.1. The number of hydrogen-bond acceptors (Lipinski definition) is 5. The molecule has 0 aliphatic heterocycles. The molecule has 2 heterocycles. The van der Waals surface area contributed by atoms with E-state index >= 15 is 0 Å². The van der Waals surface area contributed by atoms with Crippen LogP contribution in [0.3, 0.4) is 0 Å². The Balaban J connectivity index is 2.05. The van der Waals surface area contributed by atoms with Crippen LogP contribution in [0.25, 0.3) is 0 Å². The summed E-state index contributed by atoms with van der Waals surface area (Å²) in [4.78, 5) is 20.1. The first kappa shape index (κ1) is 19.5. The fourth-order valence-corrected chi connectivity index (χ4v) is 2.15. The lowest BCUT2D eigenvalue weighted by Crippen LogP contribution is -2.27. The number of nitrogens with zero attached hydrogens (tertiary/aromatic N) is 2. The number of carbonyl (C=O) groups is 1. The molecule has 1 atom stereocenters. The maximum absolute atomic E-state index is 12.3. The van der Waals surface area contributed by atoms with E-state index in [1.54, 1.807) is 26.0 Å². The minimum atomic E-state index is -4.43. The average Bonchev–Trinajstić information content (AvgIpc) is 2.59. The number of halogens is 3. The summed E-state index contributed by atoms with van der Waals surface area (Å²) in [6.07, 6.45) is -1.60. The van der Waals surface area contributed by atoms with Crippen molar-refractivity contribution < 1.29 is 27.4 Å². The maximum atomic E-state index is 12.3. The highest BCUT2D eigenvalue weighted by atomic mass is 19.4.